The van der Waals surface area contributed by atoms with Crippen molar-refractivity contribution in [2.45, 2.75) is 105 Å². The molecule has 1 aromatic carbocycles. The molecule has 0 amide bonds. The molecule has 0 aliphatic carbocycles. The van der Waals surface area contributed by atoms with Gasteiger partial charge >= 0.3 is 23.9 Å². The highest BCUT2D eigenvalue weighted by Gasteiger charge is 2.38. The Balaban J connectivity index is 4.01. The van der Waals surface area contributed by atoms with Gasteiger partial charge in [0, 0.05) is 5.56 Å². The van der Waals surface area contributed by atoms with Crippen LogP contribution in [0, 0.1) is 0 Å². The van der Waals surface area contributed by atoms with Gasteiger partial charge in [-0.15, -0.1) is 0 Å². The van der Waals surface area contributed by atoms with Crippen LogP contribution in [0.25, 0.3) is 0 Å². The van der Waals surface area contributed by atoms with Crippen molar-refractivity contribution < 1.29 is 63.1 Å². The quantitative estimate of drug-likeness (QED) is 0.221. The van der Waals surface area contributed by atoms with Crippen molar-refractivity contribution in [2.75, 3.05) is 0 Å². The lowest BCUT2D eigenvalue weighted by molar-refractivity contribution is -0.303. The van der Waals surface area contributed by atoms with E-state index >= 15 is 0 Å². The second-order valence-electron chi connectivity index (χ2n) is 12.5. The lowest BCUT2D eigenvalue weighted by atomic mass is 9.91. The molecule has 0 aliphatic heterocycles. The zero-order valence-corrected chi connectivity index (χ0v) is 25.0. The Hall–Kier alpha value is -3.39. The summed E-state index contributed by atoms with van der Waals surface area (Å²) in [6.45, 7) is 18.7. The minimum atomic E-state index is -1.45. The molecule has 224 valence electrons. The minimum absolute atomic E-state index is 0.150. The van der Waals surface area contributed by atoms with E-state index in [1.807, 2.05) is 0 Å². The predicted molar refractivity (Wildman–Crippen MR) is 137 cm³/mol. The molecule has 0 fully saturated rings. The third kappa shape index (κ3) is 11.4. The molecule has 13 nitrogen and oxygen atoms in total. The molecule has 0 radical (unpaired) electrons. The molecule has 40 heavy (non-hydrogen) atoms. The standard InChI is InChI=1S/C27H38O13/c1-24(2,3)37-33-20(29)16-13-15(14-28)17(21(30)34-38-25(4,5)6)19(23(32)36-40-27(10,11)12)18(16)22(31)35-39-26(7,8)9/h13-14H,1-12H3. The van der Waals surface area contributed by atoms with E-state index in [0.29, 0.717) is 0 Å². The molecule has 1 rings (SSSR count). The second kappa shape index (κ2) is 12.9. The number of benzene rings is 1. The van der Waals surface area contributed by atoms with Crippen LogP contribution in [0.1, 0.15) is 135 Å². The first-order valence-electron chi connectivity index (χ1n) is 12.2. The molecule has 0 saturated heterocycles. The zero-order valence-electron chi connectivity index (χ0n) is 25.0. The van der Waals surface area contributed by atoms with Crippen molar-refractivity contribution in [3.8, 4) is 0 Å². The Bertz CT molecular complexity index is 1120. The third-order valence-corrected chi connectivity index (χ3v) is 3.79. The maximum atomic E-state index is 13.4. The SMILES string of the molecule is CC(C)(C)OOC(=O)c1cc(C=O)c(C(=O)OOC(C)(C)C)c(C(=O)OOC(C)(C)C)c1C(=O)OOC(C)(C)C. The maximum absolute atomic E-state index is 13.4. The molecule has 0 bridgehead atoms. The van der Waals surface area contributed by atoms with Gasteiger partial charge in [-0.25, -0.2) is 19.2 Å². The summed E-state index contributed by atoms with van der Waals surface area (Å²) >= 11 is 0. The van der Waals surface area contributed by atoms with E-state index < -0.39 is 74.1 Å². The van der Waals surface area contributed by atoms with Crippen LogP contribution < -0.4 is 0 Å². The fraction of sp³-hybridized carbons (Fsp3) is 0.593. The maximum Gasteiger partial charge on any atom is 0.374 e. The molecule has 13 heteroatoms. The lowest BCUT2D eigenvalue weighted by Crippen LogP contribution is -2.30. The first-order chi connectivity index (χ1) is 18.0. The van der Waals surface area contributed by atoms with Gasteiger partial charge in [0.05, 0.1) is 22.3 Å². The summed E-state index contributed by atoms with van der Waals surface area (Å²) in [6, 6.07) is 0.824. The summed E-state index contributed by atoms with van der Waals surface area (Å²) in [5, 5.41) is 0. The number of rotatable bonds is 9. The number of hydrogen-bond donors (Lipinski definition) is 0. The monoisotopic (exact) mass is 570 g/mol. The van der Waals surface area contributed by atoms with Gasteiger partial charge in [0.1, 0.15) is 22.4 Å². The van der Waals surface area contributed by atoms with Gasteiger partial charge in [-0.2, -0.15) is 19.6 Å². The van der Waals surface area contributed by atoms with Crippen LogP contribution in [-0.2, 0) is 39.1 Å². The van der Waals surface area contributed by atoms with Crippen molar-refractivity contribution in [1.82, 2.24) is 0 Å². The summed E-state index contributed by atoms with van der Waals surface area (Å²) in [7, 11) is 0. The topological polar surface area (TPSA) is 159 Å². The molecule has 0 atom stereocenters. The summed E-state index contributed by atoms with van der Waals surface area (Å²) < 4.78 is 0. The highest BCUT2D eigenvalue weighted by Crippen LogP contribution is 2.29. The smallest absolute Gasteiger partial charge is 0.298 e. The van der Waals surface area contributed by atoms with E-state index in [1.54, 1.807) is 83.1 Å². The Morgan fingerprint density at radius 1 is 0.500 bits per heavy atom. The molecule has 0 heterocycles. The van der Waals surface area contributed by atoms with Crippen molar-refractivity contribution in [3.63, 3.8) is 0 Å². The molecule has 0 aliphatic rings. The van der Waals surface area contributed by atoms with E-state index in [-0.39, 0.29) is 6.29 Å². The molecule has 0 aromatic heterocycles. The fourth-order valence-electron chi connectivity index (χ4n) is 2.42. The van der Waals surface area contributed by atoms with Gasteiger partial charge < -0.3 is 0 Å². The van der Waals surface area contributed by atoms with Crippen LogP contribution in [-0.4, -0.2) is 52.6 Å². The van der Waals surface area contributed by atoms with Crippen molar-refractivity contribution in [2.24, 2.45) is 0 Å². The highest BCUT2D eigenvalue weighted by molar-refractivity contribution is 6.17. The number of carbonyl (C=O) groups excluding carboxylic acids is 5. The van der Waals surface area contributed by atoms with Crippen molar-refractivity contribution >= 4 is 30.2 Å². The van der Waals surface area contributed by atoms with E-state index in [9.17, 15) is 24.0 Å². The van der Waals surface area contributed by atoms with Gasteiger partial charge in [-0.05, 0) is 89.2 Å². The fourth-order valence-corrected chi connectivity index (χ4v) is 2.42. The second-order valence-corrected chi connectivity index (χ2v) is 12.5. The van der Waals surface area contributed by atoms with Crippen LogP contribution >= 0.6 is 0 Å². The Morgan fingerprint density at radius 3 is 1.12 bits per heavy atom. The van der Waals surface area contributed by atoms with Gasteiger partial charge in [0.15, 0.2) is 6.29 Å². The predicted octanol–water partition coefficient (Wildman–Crippen LogP) is 5.05. The van der Waals surface area contributed by atoms with E-state index in [0.717, 1.165) is 6.07 Å². The molecule has 1 aromatic rings. The first kappa shape index (κ1) is 34.6. The van der Waals surface area contributed by atoms with Crippen LogP contribution in [0.15, 0.2) is 6.07 Å². The summed E-state index contributed by atoms with van der Waals surface area (Å²) in [4.78, 5) is 105. The zero-order chi connectivity index (χ0) is 31.3. The first-order valence-corrected chi connectivity index (χ1v) is 12.2. The van der Waals surface area contributed by atoms with Crippen LogP contribution in [0.3, 0.4) is 0 Å². The van der Waals surface area contributed by atoms with Crippen molar-refractivity contribution in [3.05, 3.63) is 33.9 Å². The highest BCUT2D eigenvalue weighted by atomic mass is 17.2. The average molecular weight is 571 g/mol. The Morgan fingerprint density at radius 2 is 0.800 bits per heavy atom. The Labute approximate surface area is 233 Å². The minimum Gasteiger partial charge on any atom is -0.298 e. The number of carbonyl (C=O) groups is 5. The summed E-state index contributed by atoms with van der Waals surface area (Å²) in [5.41, 5.74) is -7.83. The van der Waals surface area contributed by atoms with Gasteiger partial charge in [-0.3, -0.25) is 24.3 Å². The molecule has 0 unspecified atom stereocenters. The van der Waals surface area contributed by atoms with Crippen LogP contribution in [0.5, 0.6) is 0 Å². The van der Waals surface area contributed by atoms with Crippen LogP contribution in [0.4, 0.5) is 0 Å². The molecule has 0 saturated carbocycles. The van der Waals surface area contributed by atoms with Gasteiger partial charge in [0.25, 0.3) is 0 Å². The lowest BCUT2D eigenvalue weighted by Gasteiger charge is -2.22. The molecular formula is C27H38O13. The van der Waals surface area contributed by atoms with Gasteiger partial charge in [-0.1, -0.05) is 0 Å². The normalized spacial score (nSPS) is 12.4. The molecule has 0 N–H and O–H groups in total. The average Bonchev–Trinajstić information content (AvgIpc) is 2.79. The largest absolute Gasteiger partial charge is 0.374 e. The summed E-state index contributed by atoms with van der Waals surface area (Å²) in [5.74, 6) is -5.54. The number of hydrogen-bond acceptors (Lipinski definition) is 13. The number of aldehydes is 1. The molecular weight excluding hydrogens is 532 g/mol. The molecule has 0 spiro atoms. The summed E-state index contributed by atoms with van der Waals surface area (Å²) in [6.07, 6.45) is 0.150. The third-order valence-electron chi connectivity index (χ3n) is 3.79. The van der Waals surface area contributed by atoms with Crippen molar-refractivity contribution in [1.29, 1.82) is 0 Å². The van der Waals surface area contributed by atoms with E-state index in [4.69, 9.17) is 39.1 Å². The van der Waals surface area contributed by atoms with Crippen LogP contribution in [0.2, 0.25) is 0 Å². The Kier molecular flexibility index (Phi) is 11.1. The van der Waals surface area contributed by atoms with Gasteiger partial charge in [0.2, 0.25) is 0 Å². The van der Waals surface area contributed by atoms with E-state index in [2.05, 4.69) is 0 Å². The van der Waals surface area contributed by atoms with E-state index in [1.165, 1.54) is 0 Å².